The van der Waals surface area contributed by atoms with Crippen molar-refractivity contribution in [3.63, 3.8) is 0 Å². The summed E-state index contributed by atoms with van der Waals surface area (Å²) < 4.78 is 5.95. The molecule has 2 aliphatic rings. The molecule has 0 aliphatic carbocycles. The number of carbonyl (C=O) groups excluding carboxylic acids is 2. The van der Waals surface area contributed by atoms with Crippen LogP contribution in [0.5, 0.6) is 0 Å². The number of nitrogens with zero attached hydrogens (tertiary/aromatic N) is 3. The predicted octanol–water partition coefficient (Wildman–Crippen LogP) is 0.376. The number of rotatable bonds is 2. The molecule has 1 N–H and O–H groups in total. The summed E-state index contributed by atoms with van der Waals surface area (Å²) in [7, 11) is 0. The molecule has 1 spiro atoms. The summed E-state index contributed by atoms with van der Waals surface area (Å²) in [5.74, 6) is -0.136. The zero-order chi connectivity index (χ0) is 15.6. The minimum absolute atomic E-state index is 0.0372. The molecule has 118 valence electrons. The summed E-state index contributed by atoms with van der Waals surface area (Å²) in [6, 6.07) is 0.0372. The van der Waals surface area contributed by atoms with Gasteiger partial charge in [-0.25, -0.2) is 4.98 Å². The van der Waals surface area contributed by atoms with Crippen LogP contribution in [0.25, 0.3) is 0 Å². The topological polar surface area (TPSA) is 84.4 Å². The molecular formula is C15H20N4O3. The van der Waals surface area contributed by atoms with E-state index in [1.165, 1.54) is 18.6 Å². The van der Waals surface area contributed by atoms with Gasteiger partial charge in [0.15, 0.2) is 0 Å². The highest BCUT2D eigenvalue weighted by atomic mass is 16.5. The molecule has 2 amide bonds. The lowest BCUT2D eigenvalue weighted by molar-refractivity contribution is -0.130. The van der Waals surface area contributed by atoms with Crippen molar-refractivity contribution in [1.82, 2.24) is 20.2 Å². The number of nitrogens with one attached hydrogen (secondary N) is 1. The predicted molar refractivity (Wildman–Crippen MR) is 78.1 cm³/mol. The van der Waals surface area contributed by atoms with Crippen LogP contribution >= 0.6 is 0 Å². The molecular weight excluding hydrogens is 284 g/mol. The number of amides is 2. The molecule has 3 heterocycles. The van der Waals surface area contributed by atoms with Crippen LogP contribution in [0.1, 0.15) is 36.7 Å². The van der Waals surface area contributed by atoms with Gasteiger partial charge in [0.05, 0.1) is 11.8 Å². The van der Waals surface area contributed by atoms with E-state index in [0.29, 0.717) is 18.8 Å². The first-order chi connectivity index (χ1) is 10.6. The first-order valence-electron chi connectivity index (χ1n) is 7.54. The largest absolute Gasteiger partial charge is 0.373 e. The fraction of sp³-hybridized carbons (Fsp3) is 0.600. The van der Waals surface area contributed by atoms with Crippen molar-refractivity contribution in [2.45, 2.75) is 37.8 Å². The van der Waals surface area contributed by atoms with E-state index >= 15 is 0 Å². The average molecular weight is 304 g/mol. The van der Waals surface area contributed by atoms with Gasteiger partial charge in [-0.15, -0.1) is 0 Å². The first kappa shape index (κ1) is 14.9. The van der Waals surface area contributed by atoms with Crippen LogP contribution in [-0.4, -0.2) is 58.0 Å². The summed E-state index contributed by atoms with van der Waals surface area (Å²) in [6.07, 6.45) is 6.81. The van der Waals surface area contributed by atoms with Crippen molar-refractivity contribution in [2.75, 3.05) is 19.7 Å². The van der Waals surface area contributed by atoms with Gasteiger partial charge in [-0.05, 0) is 19.3 Å². The van der Waals surface area contributed by atoms with Gasteiger partial charge in [0.25, 0.3) is 5.91 Å². The highest BCUT2D eigenvalue weighted by Crippen LogP contribution is 2.34. The van der Waals surface area contributed by atoms with E-state index in [9.17, 15) is 9.59 Å². The Morgan fingerprint density at radius 2 is 2.32 bits per heavy atom. The quantitative estimate of drug-likeness (QED) is 0.853. The third kappa shape index (κ3) is 3.09. The average Bonchev–Trinajstić information content (AvgIpc) is 2.92. The number of carbonyl (C=O) groups is 2. The van der Waals surface area contributed by atoms with Gasteiger partial charge in [0, 0.05) is 45.1 Å². The maximum atomic E-state index is 12.2. The SMILES string of the molecule is CC(=O)N1CC[C@@]2(C[C@H](NC(=O)c3cnccn3)CCO2)C1. The number of ether oxygens (including phenoxy) is 1. The van der Waals surface area contributed by atoms with E-state index < -0.39 is 0 Å². The zero-order valence-corrected chi connectivity index (χ0v) is 12.6. The van der Waals surface area contributed by atoms with Gasteiger partial charge >= 0.3 is 0 Å². The van der Waals surface area contributed by atoms with Crippen LogP contribution in [-0.2, 0) is 9.53 Å². The van der Waals surface area contributed by atoms with Crippen molar-refractivity contribution in [3.05, 3.63) is 24.3 Å². The summed E-state index contributed by atoms with van der Waals surface area (Å²) in [6.45, 7) is 3.51. The number of aromatic nitrogens is 2. The molecule has 0 aromatic carbocycles. The molecule has 7 nitrogen and oxygen atoms in total. The standard InChI is InChI=1S/C15H20N4O3/c1-11(20)19-6-3-15(10-19)8-12(2-7-22-15)18-14(21)13-9-16-4-5-17-13/h4-5,9,12H,2-3,6-8,10H2,1H3,(H,18,21)/t12-,15-/m1/s1. The molecule has 2 aliphatic heterocycles. The van der Waals surface area contributed by atoms with E-state index in [2.05, 4.69) is 15.3 Å². The number of likely N-dealkylation sites (tertiary alicyclic amines) is 1. The van der Waals surface area contributed by atoms with Crippen LogP contribution in [0.15, 0.2) is 18.6 Å². The van der Waals surface area contributed by atoms with E-state index in [4.69, 9.17) is 4.74 Å². The summed E-state index contributed by atoms with van der Waals surface area (Å²) >= 11 is 0. The molecule has 1 aromatic rings. The van der Waals surface area contributed by atoms with Gasteiger partial charge in [0.1, 0.15) is 5.69 Å². The van der Waals surface area contributed by atoms with Gasteiger partial charge in [-0.3, -0.25) is 14.6 Å². The van der Waals surface area contributed by atoms with E-state index in [1.54, 1.807) is 6.92 Å². The highest BCUT2D eigenvalue weighted by Gasteiger charge is 2.44. The molecule has 0 unspecified atom stereocenters. The van der Waals surface area contributed by atoms with Crippen molar-refractivity contribution in [2.24, 2.45) is 0 Å². The van der Waals surface area contributed by atoms with E-state index in [1.807, 2.05) is 4.90 Å². The monoisotopic (exact) mass is 304 g/mol. The summed E-state index contributed by atoms with van der Waals surface area (Å²) in [5, 5.41) is 3.01. The van der Waals surface area contributed by atoms with Crippen molar-refractivity contribution in [1.29, 1.82) is 0 Å². The first-order valence-corrected chi connectivity index (χ1v) is 7.54. The second-order valence-electron chi connectivity index (χ2n) is 5.98. The summed E-state index contributed by atoms with van der Waals surface area (Å²) in [4.78, 5) is 33.4. The Hall–Kier alpha value is -2.02. The Labute approximate surface area is 129 Å². The van der Waals surface area contributed by atoms with Gasteiger partial charge in [-0.1, -0.05) is 0 Å². The minimum Gasteiger partial charge on any atom is -0.373 e. The summed E-state index contributed by atoms with van der Waals surface area (Å²) in [5.41, 5.74) is 0.00404. The fourth-order valence-corrected chi connectivity index (χ4v) is 3.22. The van der Waals surface area contributed by atoms with E-state index in [0.717, 1.165) is 25.8 Å². The molecule has 1 aromatic heterocycles. The van der Waals surface area contributed by atoms with Crippen molar-refractivity contribution in [3.8, 4) is 0 Å². The van der Waals surface area contributed by atoms with Crippen LogP contribution in [0.3, 0.4) is 0 Å². The lowest BCUT2D eigenvalue weighted by Crippen LogP contribution is -2.50. The van der Waals surface area contributed by atoms with Gasteiger partial charge in [0.2, 0.25) is 5.91 Å². The molecule has 3 rings (SSSR count). The molecule has 7 heteroatoms. The van der Waals surface area contributed by atoms with Gasteiger partial charge in [-0.2, -0.15) is 0 Å². The van der Waals surface area contributed by atoms with Crippen LogP contribution in [0.2, 0.25) is 0 Å². The highest BCUT2D eigenvalue weighted by molar-refractivity contribution is 5.92. The molecule has 2 saturated heterocycles. The Bertz CT molecular complexity index is 565. The third-order valence-electron chi connectivity index (χ3n) is 4.39. The lowest BCUT2D eigenvalue weighted by atomic mass is 9.89. The Kier molecular flexibility index (Phi) is 4.06. The second-order valence-corrected chi connectivity index (χ2v) is 5.98. The van der Waals surface area contributed by atoms with Crippen LogP contribution in [0.4, 0.5) is 0 Å². The Balaban J connectivity index is 1.62. The van der Waals surface area contributed by atoms with Crippen LogP contribution < -0.4 is 5.32 Å². The van der Waals surface area contributed by atoms with Crippen molar-refractivity contribution >= 4 is 11.8 Å². The maximum absolute atomic E-state index is 12.2. The Morgan fingerprint density at radius 3 is 3.00 bits per heavy atom. The smallest absolute Gasteiger partial charge is 0.271 e. The van der Waals surface area contributed by atoms with E-state index in [-0.39, 0.29) is 23.5 Å². The zero-order valence-electron chi connectivity index (χ0n) is 12.6. The molecule has 2 atom stereocenters. The van der Waals surface area contributed by atoms with Crippen molar-refractivity contribution < 1.29 is 14.3 Å². The lowest BCUT2D eigenvalue weighted by Gasteiger charge is -2.38. The number of hydrogen-bond acceptors (Lipinski definition) is 5. The molecule has 2 fully saturated rings. The Morgan fingerprint density at radius 1 is 1.45 bits per heavy atom. The minimum atomic E-state index is -0.315. The fourth-order valence-electron chi connectivity index (χ4n) is 3.22. The normalized spacial score (nSPS) is 27.9. The van der Waals surface area contributed by atoms with Crippen LogP contribution in [0, 0.1) is 0 Å². The second kappa shape index (κ2) is 6.00. The molecule has 22 heavy (non-hydrogen) atoms. The molecule has 0 bridgehead atoms. The number of hydrogen-bond donors (Lipinski definition) is 1. The molecule has 0 saturated carbocycles. The maximum Gasteiger partial charge on any atom is 0.271 e. The molecule has 0 radical (unpaired) electrons. The van der Waals surface area contributed by atoms with Gasteiger partial charge < -0.3 is 15.0 Å². The third-order valence-corrected chi connectivity index (χ3v) is 4.39.